The lowest BCUT2D eigenvalue weighted by Crippen LogP contribution is -2.34. The first-order valence-electron chi connectivity index (χ1n) is 19.0. The van der Waals surface area contributed by atoms with Crippen molar-refractivity contribution in [1.82, 2.24) is 0 Å². The fraction of sp³-hybridized carbons (Fsp3) is 0.763. The molecule has 0 spiro atoms. The van der Waals surface area contributed by atoms with Gasteiger partial charge in [-0.25, -0.2) is 4.57 Å². The molecule has 0 aliphatic carbocycles. The van der Waals surface area contributed by atoms with E-state index in [1.165, 1.54) is 51.4 Å². The van der Waals surface area contributed by atoms with Crippen LogP contribution in [0.3, 0.4) is 0 Å². The van der Waals surface area contributed by atoms with Gasteiger partial charge in [0.05, 0.1) is 13.2 Å². The number of hydrogen-bond acceptors (Lipinski definition) is 9. The van der Waals surface area contributed by atoms with Crippen LogP contribution in [0.2, 0.25) is 0 Å². The van der Waals surface area contributed by atoms with Crippen LogP contribution in [0.5, 0.6) is 0 Å². The first-order valence-corrected chi connectivity index (χ1v) is 20.5. The minimum absolute atomic E-state index is 0.136. The molecule has 50 heavy (non-hydrogen) atoms. The van der Waals surface area contributed by atoms with Gasteiger partial charge in [-0.3, -0.25) is 23.4 Å². The molecule has 0 radical (unpaired) electrons. The van der Waals surface area contributed by atoms with E-state index in [1.807, 2.05) is 0 Å². The molecule has 0 rings (SSSR count). The maximum absolute atomic E-state index is 12.5. The molecule has 0 aliphatic heterocycles. The number of nitrogens with two attached hydrogens (primary N) is 1. The van der Waals surface area contributed by atoms with Gasteiger partial charge in [-0.1, -0.05) is 127 Å². The monoisotopic (exact) mass is 729 g/mol. The van der Waals surface area contributed by atoms with Gasteiger partial charge in [-0.15, -0.1) is 0 Å². The van der Waals surface area contributed by atoms with Crippen molar-refractivity contribution in [2.45, 2.75) is 167 Å². The Labute approximate surface area is 302 Å². The van der Waals surface area contributed by atoms with Gasteiger partial charge in [0, 0.05) is 12.8 Å². The summed E-state index contributed by atoms with van der Waals surface area (Å²) in [6, 6.07) is -1.52. The first-order chi connectivity index (χ1) is 24.1. The Kier molecular flexibility index (Phi) is 32.3. The van der Waals surface area contributed by atoms with Crippen molar-refractivity contribution in [2.24, 2.45) is 5.73 Å². The lowest BCUT2D eigenvalue weighted by Gasteiger charge is -2.20. The van der Waals surface area contributed by atoms with Crippen molar-refractivity contribution < 1.29 is 47.5 Å². The molecular weight excluding hydrogens is 661 g/mol. The summed E-state index contributed by atoms with van der Waals surface area (Å²) in [4.78, 5) is 45.6. The number of esters is 2. The molecule has 290 valence electrons. The van der Waals surface area contributed by atoms with Crippen LogP contribution in [-0.4, -0.2) is 59.9 Å². The number of phosphoric acid groups is 1. The van der Waals surface area contributed by atoms with Crippen LogP contribution in [0.1, 0.15) is 155 Å². The summed E-state index contributed by atoms with van der Waals surface area (Å²) in [7, 11) is -4.71. The number of rotatable bonds is 35. The number of carbonyl (C=O) groups excluding carboxylic acids is 2. The van der Waals surface area contributed by atoms with E-state index in [9.17, 15) is 23.8 Å². The molecule has 11 nitrogen and oxygen atoms in total. The molecule has 0 aliphatic rings. The second-order valence-electron chi connectivity index (χ2n) is 12.7. The zero-order valence-corrected chi connectivity index (χ0v) is 31.9. The molecule has 0 fully saturated rings. The zero-order valence-electron chi connectivity index (χ0n) is 31.0. The third-order valence-electron chi connectivity index (χ3n) is 7.89. The van der Waals surface area contributed by atoms with Crippen LogP contribution in [0.15, 0.2) is 36.5 Å². The van der Waals surface area contributed by atoms with Gasteiger partial charge in [0.2, 0.25) is 0 Å². The summed E-state index contributed by atoms with van der Waals surface area (Å²) in [6.07, 6.45) is 33.6. The molecule has 0 heterocycles. The van der Waals surface area contributed by atoms with Gasteiger partial charge < -0.3 is 25.2 Å². The SMILES string of the molecule is CCCCC/C=C\C/C=C\C/C=C\CCCCCCC(=O)O[C@H](COC(=O)CCCCCCCCCCC)COP(=O)(O)OC[C@H](N)C(=O)O. The van der Waals surface area contributed by atoms with E-state index < -0.39 is 51.1 Å². The van der Waals surface area contributed by atoms with Crippen LogP contribution >= 0.6 is 7.82 Å². The fourth-order valence-electron chi connectivity index (χ4n) is 4.83. The third kappa shape index (κ3) is 32.9. The summed E-state index contributed by atoms with van der Waals surface area (Å²) < 4.78 is 32.5. The van der Waals surface area contributed by atoms with Crippen molar-refractivity contribution in [2.75, 3.05) is 19.8 Å². The van der Waals surface area contributed by atoms with Crippen molar-refractivity contribution >= 4 is 25.7 Å². The molecule has 1 unspecified atom stereocenters. The second kappa shape index (κ2) is 33.8. The molecule has 0 aromatic heterocycles. The highest BCUT2D eigenvalue weighted by Crippen LogP contribution is 2.43. The third-order valence-corrected chi connectivity index (χ3v) is 8.84. The van der Waals surface area contributed by atoms with Crippen LogP contribution < -0.4 is 5.73 Å². The Balaban J connectivity index is 4.47. The highest BCUT2D eigenvalue weighted by atomic mass is 31.2. The average Bonchev–Trinajstić information content (AvgIpc) is 3.09. The van der Waals surface area contributed by atoms with E-state index in [4.69, 9.17) is 24.8 Å². The Morgan fingerprint density at radius 2 is 1.06 bits per heavy atom. The minimum Gasteiger partial charge on any atom is -0.480 e. The number of allylic oxidation sites excluding steroid dienone is 6. The van der Waals surface area contributed by atoms with Crippen molar-refractivity contribution in [3.8, 4) is 0 Å². The molecular formula is C38H68NO10P. The van der Waals surface area contributed by atoms with E-state index in [0.29, 0.717) is 12.8 Å². The van der Waals surface area contributed by atoms with Crippen molar-refractivity contribution in [3.05, 3.63) is 36.5 Å². The van der Waals surface area contributed by atoms with Gasteiger partial charge >= 0.3 is 25.7 Å². The lowest BCUT2D eigenvalue weighted by atomic mass is 10.1. The smallest absolute Gasteiger partial charge is 0.472 e. The van der Waals surface area contributed by atoms with Gasteiger partial charge in [-0.2, -0.15) is 0 Å². The molecule has 12 heteroatoms. The number of carboxylic acid groups (broad SMARTS) is 1. The molecule has 0 saturated carbocycles. The number of aliphatic carboxylic acids is 1. The minimum atomic E-state index is -4.71. The van der Waals surface area contributed by atoms with E-state index in [0.717, 1.165) is 64.2 Å². The summed E-state index contributed by atoms with van der Waals surface area (Å²) in [6.45, 7) is 2.70. The largest absolute Gasteiger partial charge is 0.480 e. The predicted octanol–water partition coefficient (Wildman–Crippen LogP) is 9.28. The summed E-state index contributed by atoms with van der Waals surface area (Å²) >= 11 is 0. The predicted molar refractivity (Wildman–Crippen MR) is 199 cm³/mol. The fourth-order valence-corrected chi connectivity index (χ4v) is 5.61. The Morgan fingerprint density at radius 3 is 1.62 bits per heavy atom. The van der Waals surface area contributed by atoms with Crippen LogP contribution in [0.4, 0.5) is 0 Å². The number of carboxylic acids is 1. The van der Waals surface area contributed by atoms with Gasteiger partial charge in [0.25, 0.3) is 0 Å². The van der Waals surface area contributed by atoms with Crippen LogP contribution in [0.25, 0.3) is 0 Å². The molecule has 4 N–H and O–H groups in total. The second-order valence-corrected chi connectivity index (χ2v) is 14.2. The molecule has 0 bridgehead atoms. The van der Waals surface area contributed by atoms with E-state index in [-0.39, 0.29) is 19.4 Å². The quantitative estimate of drug-likeness (QED) is 0.0246. The summed E-state index contributed by atoms with van der Waals surface area (Å²) in [5.41, 5.74) is 5.31. The van der Waals surface area contributed by atoms with E-state index in [1.54, 1.807) is 0 Å². The van der Waals surface area contributed by atoms with Crippen molar-refractivity contribution in [3.63, 3.8) is 0 Å². The Morgan fingerprint density at radius 1 is 0.620 bits per heavy atom. The number of phosphoric ester groups is 1. The normalized spacial score (nSPS) is 14.3. The molecule has 0 aromatic rings. The molecule has 0 aromatic carbocycles. The average molecular weight is 730 g/mol. The highest BCUT2D eigenvalue weighted by Gasteiger charge is 2.28. The highest BCUT2D eigenvalue weighted by molar-refractivity contribution is 7.47. The number of hydrogen-bond donors (Lipinski definition) is 3. The van der Waals surface area contributed by atoms with Crippen LogP contribution in [0, 0.1) is 0 Å². The lowest BCUT2D eigenvalue weighted by molar-refractivity contribution is -0.161. The first kappa shape index (κ1) is 47.7. The molecule has 3 atom stereocenters. The molecule has 0 saturated heterocycles. The maximum Gasteiger partial charge on any atom is 0.472 e. The standard InChI is InChI=1S/C38H68NO10P/c1-3-5-7-9-11-13-14-15-16-17-18-19-20-22-24-26-28-30-37(41)49-34(32-47-50(44,45)48-33-35(39)38(42)43)31-46-36(40)29-27-25-23-21-12-10-8-6-4-2/h11,13,15-16,18-19,34-35H,3-10,12,14,17,20-33,39H2,1-2H3,(H,42,43)(H,44,45)/b13-11-,16-15-,19-18-/t34-,35+/m1/s1. The number of carbonyl (C=O) groups is 3. The van der Waals surface area contributed by atoms with E-state index >= 15 is 0 Å². The Hall–Kier alpha value is -2.30. The van der Waals surface area contributed by atoms with Gasteiger partial charge in [0.1, 0.15) is 12.6 Å². The van der Waals surface area contributed by atoms with Gasteiger partial charge in [-0.05, 0) is 51.4 Å². The maximum atomic E-state index is 12.5. The zero-order chi connectivity index (χ0) is 37.1. The number of unbranched alkanes of at least 4 members (excludes halogenated alkanes) is 15. The summed E-state index contributed by atoms with van der Waals surface area (Å²) in [5, 5.41) is 8.85. The van der Waals surface area contributed by atoms with Crippen molar-refractivity contribution in [1.29, 1.82) is 0 Å². The topological polar surface area (TPSA) is 172 Å². The van der Waals surface area contributed by atoms with Crippen LogP contribution in [-0.2, 0) is 37.5 Å². The number of ether oxygens (including phenoxy) is 2. The Bertz CT molecular complexity index is 1000. The van der Waals surface area contributed by atoms with Gasteiger partial charge in [0.15, 0.2) is 6.10 Å². The summed E-state index contributed by atoms with van der Waals surface area (Å²) in [5.74, 6) is -2.41. The van der Waals surface area contributed by atoms with E-state index in [2.05, 4.69) is 54.8 Å². The molecule has 0 amide bonds.